The first kappa shape index (κ1) is 16.6. The first-order chi connectivity index (χ1) is 11.7. The predicted molar refractivity (Wildman–Crippen MR) is 96.8 cm³/mol. The lowest BCUT2D eigenvalue weighted by Gasteiger charge is -2.36. The minimum atomic E-state index is 0.652. The predicted octanol–water partition coefficient (Wildman–Crippen LogP) is 3.41. The molecule has 3 rings (SSSR count). The van der Waals surface area contributed by atoms with Crippen molar-refractivity contribution in [3.8, 4) is 11.8 Å². The lowest BCUT2D eigenvalue weighted by molar-refractivity contribution is 0.200. The highest BCUT2D eigenvalue weighted by molar-refractivity contribution is 6.30. The van der Waals surface area contributed by atoms with Crippen LogP contribution in [0.3, 0.4) is 0 Å². The van der Waals surface area contributed by atoms with E-state index >= 15 is 0 Å². The fourth-order valence-electron chi connectivity index (χ4n) is 2.82. The van der Waals surface area contributed by atoms with Crippen LogP contribution in [0.25, 0.3) is 0 Å². The van der Waals surface area contributed by atoms with Gasteiger partial charge in [0.25, 0.3) is 0 Å². The van der Waals surface area contributed by atoms with E-state index in [0.29, 0.717) is 12.2 Å². The monoisotopic (exact) mass is 341 g/mol. The van der Waals surface area contributed by atoms with Crippen LogP contribution in [0.5, 0.6) is 5.75 Å². The van der Waals surface area contributed by atoms with Gasteiger partial charge in [0.05, 0.1) is 11.6 Å². The van der Waals surface area contributed by atoms with Crippen molar-refractivity contribution in [1.29, 1.82) is 5.26 Å². The van der Waals surface area contributed by atoms with Crippen molar-refractivity contribution in [3.05, 3.63) is 59.1 Å². The first-order valence-electron chi connectivity index (χ1n) is 8.10. The molecule has 2 aromatic carbocycles. The Kier molecular flexibility index (Phi) is 5.58. The number of piperazine rings is 1. The van der Waals surface area contributed by atoms with Crippen molar-refractivity contribution in [1.82, 2.24) is 4.90 Å². The smallest absolute Gasteiger partial charge is 0.119 e. The summed E-state index contributed by atoms with van der Waals surface area (Å²) in [5.41, 5.74) is 1.84. The standard InChI is InChI=1S/C19H20ClN3O/c20-17-2-1-3-18(14-17)23-10-8-22(9-11-23)12-13-24-19-6-4-16(15-21)5-7-19/h1-7,14H,8-13H2. The van der Waals surface area contributed by atoms with Gasteiger partial charge in [-0.05, 0) is 42.5 Å². The zero-order chi connectivity index (χ0) is 16.8. The summed E-state index contributed by atoms with van der Waals surface area (Å²) in [6.07, 6.45) is 0. The van der Waals surface area contributed by atoms with Crippen LogP contribution in [-0.2, 0) is 0 Å². The zero-order valence-corrected chi connectivity index (χ0v) is 14.2. The molecule has 0 spiro atoms. The molecule has 1 fully saturated rings. The van der Waals surface area contributed by atoms with Crippen LogP contribution in [0.4, 0.5) is 5.69 Å². The van der Waals surface area contributed by atoms with E-state index in [2.05, 4.69) is 21.9 Å². The number of hydrogen-bond acceptors (Lipinski definition) is 4. The number of hydrogen-bond donors (Lipinski definition) is 0. The molecule has 4 nitrogen and oxygen atoms in total. The van der Waals surface area contributed by atoms with Gasteiger partial charge in [-0.1, -0.05) is 17.7 Å². The SMILES string of the molecule is N#Cc1ccc(OCCN2CCN(c3cccc(Cl)c3)CC2)cc1. The van der Waals surface area contributed by atoms with Crippen molar-refractivity contribution in [2.24, 2.45) is 0 Å². The molecular formula is C19H20ClN3O. The normalized spacial score (nSPS) is 15.1. The van der Waals surface area contributed by atoms with Crippen molar-refractivity contribution in [2.75, 3.05) is 44.2 Å². The Labute approximate surface area is 147 Å². The fourth-order valence-corrected chi connectivity index (χ4v) is 3.01. The lowest BCUT2D eigenvalue weighted by atomic mass is 10.2. The Bertz CT molecular complexity index is 703. The molecule has 24 heavy (non-hydrogen) atoms. The van der Waals surface area contributed by atoms with E-state index in [9.17, 15) is 0 Å². The van der Waals surface area contributed by atoms with Gasteiger partial charge in [0, 0.05) is 43.4 Å². The molecular weight excluding hydrogens is 322 g/mol. The maximum Gasteiger partial charge on any atom is 0.119 e. The second kappa shape index (κ2) is 8.05. The molecule has 0 radical (unpaired) electrons. The van der Waals surface area contributed by atoms with Gasteiger partial charge in [-0.15, -0.1) is 0 Å². The van der Waals surface area contributed by atoms with Crippen LogP contribution in [0, 0.1) is 11.3 Å². The first-order valence-corrected chi connectivity index (χ1v) is 8.48. The average molecular weight is 342 g/mol. The molecule has 0 amide bonds. The Morgan fingerprint density at radius 2 is 1.79 bits per heavy atom. The Balaban J connectivity index is 1.41. The van der Waals surface area contributed by atoms with Gasteiger partial charge in [-0.25, -0.2) is 0 Å². The second-order valence-corrected chi connectivity index (χ2v) is 6.23. The summed E-state index contributed by atoms with van der Waals surface area (Å²) in [6.45, 7) is 5.59. The Hall–Kier alpha value is -2.22. The van der Waals surface area contributed by atoms with E-state index in [1.165, 1.54) is 5.69 Å². The molecule has 0 aliphatic carbocycles. The molecule has 0 bridgehead atoms. The largest absolute Gasteiger partial charge is 0.492 e. The molecule has 0 atom stereocenters. The summed E-state index contributed by atoms with van der Waals surface area (Å²) >= 11 is 6.07. The average Bonchev–Trinajstić information content (AvgIpc) is 2.63. The van der Waals surface area contributed by atoms with Gasteiger partial charge >= 0.3 is 0 Å². The number of benzene rings is 2. The second-order valence-electron chi connectivity index (χ2n) is 5.79. The van der Waals surface area contributed by atoms with E-state index in [-0.39, 0.29) is 0 Å². The van der Waals surface area contributed by atoms with Crippen molar-refractivity contribution < 1.29 is 4.74 Å². The summed E-state index contributed by atoms with van der Waals surface area (Å²) in [7, 11) is 0. The van der Waals surface area contributed by atoms with Crippen molar-refractivity contribution >= 4 is 17.3 Å². The van der Waals surface area contributed by atoms with E-state index in [0.717, 1.165) is 43.5 Å². The Morgan fingerprint density at radius 1 is 1.04 bits per heavy atom. The van der Waals surface area contributed by atoms with Gasteiger partial charge in [-0.2, -0.15) is 5.26 Å². The summed E-state index contributed by atoms with van der Waals surface area (Å²) in [5.74, 6) is 0.812. The maximum atomic E-state index is 8.78. The molecule has 124 valence electrons. The number of nitriles is 1. The van der Waals surface area contributed by atoms with Crippen LogP contribution in [0.2, 0.25) is 5.02 Å². The van der Waals surface area contributed by atoms with Crippen LogP contribution in [-0.4, -0.2) is 44.2 Å². The number of halogens is 1. The van der Waals surface area contributed by atoms with Gasteiger partial charge < -0.3 is 9.64 Å². The topological polar surface area (TPSA) is 39.5 Å². The molecule has 1 saturated heterocycles. The Morgan fingerprint density at radius 3 is 2.46 bits per heavy atom. The highest BCUT2D eigenvalue weighted by Gasteiger charge is 2.17. The molecule has 1 aliphatic heterocycles. The molecule has 0 aromatic heterocycles. The van der Waals surface area contributed by atoms with E-state index in [1.54, 1.807) is 12.1 Å². The third kappa shape index (κ3) is 4.41. The van der Waals surface area contributed by atoms with Crippen LogP contribution >= 0.6 is 11.6 Å². The third-order valence-corrected chi connectivity index (χ3v) is 4.44. The summed E-state index contributed by atoms with van der Waals surface area (Å²) < 4.78 is 5.75. The van der Waals surface area contributed by atoms with Gasteiger partial charge in [0.1, 0.15) is 12.4 Å². The maximum absolute atomic E-state index is 8.78. The van der Waals surface area contributed by atoms with Crippen LogP contribution < -0.4 is 9.64 Å². The highest BCUT2D eigenvalue weighted by atomic mass is 35.5. The minimum Gasteiger partial charge on any atom is -0.492 e. The lowest BCUT2D eigenvalue weighted by Crippen LogP contribution is -2.47. The van der Waals surface area contributed by atoms with Crippen LogP contribution in [0.1, 0.15) is 5.56 Å². The highest BCUT2D eigenvalue weighted by Crippen LogP contribution is 2.20. The van der Waals surface area contributed by atoms with E-state index in [1.807, 2.05) is 30.3 Å². The van der Waals surface area contributed by atoms with Crippen molar-refractivity contribution in [2.45, 2.75) is 0 Å². The van der Waals surface area contributed by atoms with Crippen molar-refractivity contribution in [3.63, 3.8) is 0 Å². The fraction of sp³-hybridized carbons (Fsp3) is 0.316. The van der Waals surface area contributed by atoms with Gasteiger partial charge in [0.15, 0.2) is 0 Å². The number of nitrogens with zero attached hydrogens (tertiary/aromatic N) is 3. The number of rotatable bonds is 5. The molecule has 0 saturated carbocycles. The minimum absolute atomic E-state index is 0.652. The number of ether oxygens (including phenoxy) is 1. The van der Waals surface area contributed by atoms with Gasteiger partial charge in [0.2, 0.25) is 0 Å². The molecule has 0 N–H and O–H groups in total. The zero-order valence-electron chi connectivity index (χ0n) is 13.5. The molecule has 2 aromatic rings. The molecule has 1 heterocycles. The third-order valence-electron chi connectivity index (χ3n) is 4.21. The summed E-state index contributed by atoms with van der Waals surface area (Å²) in [5, 5.41) is 9.57. The molecule has 5 heteroatoms. The van der Waals surface area contributed by atoms with E-state index < -0.39 is 0 Å². The molecule has 1 aliphatic rings. The van der Waals surface area contributed by atoms with Crippen LogP contribution in [0.15, 0.2) is 48.5 Å². The quantitative estimate of drug-likeness (QED) is 0.835. The summed E-state index contributed by atoms with van der Waals surface area (Å²) in [6, 6.07) is 17.4. The number of anilines is 1. The van der Waals surface area contributed by atoms with E-state index in [4.69, 9.17) is 21.6 Å². The van der Waals surface area contributed by atoms with Gasteiger partial charge in [-0.3, -0.25) is 4.90 Å². The summed E-state index contributed by atoms with van der Waals surface area (Å²) in [4.78, 5) is 4.77. The molecule has 0 unspecified atom stereocenters.